The van der Waals surface area contributed by atoms with Gasteiger partial charge in [0, 0.05) is 12.8 Å². The molecular weight excluding hydrogens is 280 g/mol. The molecule has 2 rings (SSSR count). The van der Waals surface area contributed by atoms with Crippen LogP contribution < -0.4 is 21.6 Å². The molecule has 0 amide bonds. The Hall–Kier alpha value is -2.22. The van der Waals surface area contributed by atoms with E-state index in [1.807, 2.05) is 12.1 Å². The van der Waals surface area contributed by atoms with Gasteiger partial charge in [0.1, 0.15) is 5.75 Å². The summed E-state index contributed by atoms with van der Waals surface area (Å²) in [7, 11) is 1.62. The van der Waals surface area contributed by atoms with Gasteiger partial charge in [0.15, 0.2) is 5.16 Å². The summed E-state index contributed by atoms with van der Waals surface area (Å²) < 4.78 is 6.93. The van der Waals surface area contributed by atoms with E-state index in [0.717, 1.165) is 0 Å². The van der Waals surface area contributed by atoms with Gasteiger partial charge in [-0.25, -0.2) is 0 Å². The largest absolute Gasteiger partial charge is 0.491 e. The Morgan fingerprint density at radius 1 is 1.40 bits per heavy atom. The molecule has 0 fully saturated rings. The maximum Gasteiger partial charge on any atom is 0.339 e. The van der Waals surface area contributed by atoms with Crippen molar-refractivity contribution in [2.24, 2.45) is 7.05 Å². The number of anilines is 1. The molecule has 0 aliphatic rings. The van der Waals surface area contributed by atoms with Gasteiger partial charge in [0.05, 0.1) is 12.3 Å². The quantitative estimate of drug-likeness (QED) is 0.354. The van der Waals surface area contributed by atoms with Crippen LogP contribution in [-0.2, 0) is 7.05 Å². The molecule has 1 aromatic heterocycles. The normalized spacial score (nSPS) is 10.4. The van der Waals surface area contributed by atoms with Crippen LogP contribution in [0.15, 0.2) is 39.0 Å². The Bertz CT molecular complexity index is 710. The fourth-order valence-corrected chi connectivity index (χ4v) is 2.22. The zero-order chi connectivity index (χ0) is 14.5. The van der Waals surface area contributed by atoms with Crippen molar-refractivity contribution < 1.29 is 4.74 Å². The van der Waals surface area contributed by atoms with Gasteiger partial charge in [0.25, 0.3) is 0 Å². The maximum absolute atomic E-state index is 11.2. The van der Waals surface area contributed by atoms with E-state index in [9.17, 15) is 9.59 Å². The van der Waals surface area contributed by atoms with E-state index in [1.165, 1.54) is 16.4 Å². The van der Waals surface area contributed by atoms with Crippen molar-refractivity contribution in [2.45, 2.75) is 5.16 Å². The van der Waals surface area contributed by atoms with Gasteiger partial charge in [-0.1, -0.05) is 23.9 Å². The van der Waals surface area contributed by atoms with Gasteiger partial charge < -0.3 is 10.5 Å². The number of nitrogens with one attached hydrogen (secondary N) is 1. The summed E-state index contributed by atoms with van der Waals surface area (Å²) in [6, 6.07) is 7.21. The molecule has 0 aliphatic carbocycles. The average Bonchev–Trinajstić information content (AvgIpc) is 2.42. The summed E-state index contributed by atoms with van der Waals surface area (Å²) in [6.07, 6.45) is 0. The van der Waals surface area contributed by atoms with Gasteiger partial charge in [0.2, 0.25) is 0 Å². The number of aromatic amines is 1. The number of benzene rings is 1. The van der Waals surface area contributed by atoms with Crippen LogP contribution in [0.1, 0.15) is 0 Å². The molecule has 0 spiro atoms. The lowest BCUT2D eigenvalue weighted by Gasteiger charge is -2.09. The predicted octanol–water partition coefficient (Wildman–Crippen LogP) is 0.222. The molecule has 0 saturated carbocycles. The second-order valence-electron chi connectivity index (χ2n) is 3.93. The average molecular weight is 294 g/mol. The standard InChI is InChI=1S/C12H14N4O3S/c1-16-12(14-10(17)11(18)15-16)20-7-6-19-9-5-3-2-4-8(9)13/h2-5H,6-7,13H2,1H3,(H,15,18). The molecule has 2 aromatic rings. The predicted molar refractivity (Wildman–Crippen MR) is 77.2 cm³/mol. The van der Waals surface area contributed by atoms with E-state index < -0.39 is 11.1 Å². The second-order valence-corrected chi connectivity index (χ2v) is 5.00. The zero-order valence-corrected chi connectivity index (χ0v) is 11.6. The number of hydrogen-bond acceptors (Lipinski definition) is 6. The van der Waals surface area contributed by atoms with Gasteiger partial charge in [-0.05, 0) is 12.1 Å². The number of nitrogens with zero attached hydrogens (tertiary/aromatic N) is 2. The first kappa shape index (κ1) is 14.2. The highest BCUT2D eigenvalue weighted by Crippen LogP contribution is 2.20. The van der Waals surface area contributed by atoms with Crippen molar-refractivity contribution >= 4 is 17.4 Å². The van der Waals surface area contributed by atoms with E-state index in [0.29, 0.717) is 29.0 Å². The molecule has 0 atom stereocenters. The van der Waals surface area contributed by atoms with Crippen molar-refractivity contribution in [1.29, 1.82) is 0 Å². The third kappa shape index (κ3) is 3.41. The molecular formula is C12H14N4O3S. The van der Waals surface area contributed by atoms with E-state index in [-0.39, 0.29) is 0 Å². The molecule has 0 radical (unpaired) electrons. The fourth-order valence-electron chi connectivity index (χ4n) is 1.49. The minimum atomic E-state index is -0.793. The highest BCUT2D eigenvalue weighted by Gasteiger charge is 2.05. The molecule has 1 heterocycles. The SMILES string of the molecule is Cn1[nH]c(=O)c(=O)nc1SCCOc1ccccc1N. The summed E-state index contributed by atoms with van der Waals surface area (Å²) in [5.41, 5.74) is 4.80. The van der Waals surface area contributed by atoms with E-state index >= 15 is 0 Å². The third-order valence-corrected chi connectivity index (χ3v) is 3.43. The lowest BCUT2D eigenvalue weighted by atomic mass is 10.3. The summed E-state index contributed by atoms with van der Waals surface area (Å²) in [5.74, 6) is 1.19. The number of aryl methyl sites for hydroxylation is 1. The molecule has 0 aliphatic heterocycles. The number of hydrogen-bond donors (Lipinski definition) is 2. The van der Waals surface area contributed by atoms with Crippen LogP contribution in [0.3, 0.4) is 0 Å². The molecule has 106 valence electrons. The Kier molecular flexibility index (Phi) is 4.46. The molecule has 0 saturated heterocycles. The highest BCUT2D eigenvalue weighted by atomic mass is 32.2. The molecule has 0 bridgehead atoms. The van der Waals surface area contributed by atoms with Crippen LogP contribution in [0.4, 0.5) is 5.69 Å². The van der Waals surface area contributed by atoms with Crippen molar-refractivity contribution in [1.82, 2.24) is 14.8 Å². The number of ether oxygens (including phenoxy) is 1. The van der Waals surface area contributed by atoms with Crippen LogP contribution in [0.5, 0.6) is 5.75 Å². The molecule has 20 heavy (non-hydrogen) atoms. The number of para-hydroxylation sites is 2. The summed E-state index contributed by atoms with van der Waals surface area (Å²) in [5, 5.41) is 2.81. The Morgan fingerprint density at radius 3 is 2.90 bits per heavy atom. The Morgan fingerprint density at radius 2 is 2.15 bits per heavy atom. The van der Waals surface area contributed by atoms with Crippen LogP contribution in [-0.4, -0.2) is 27.1 Å². The zero-order valence-electron chi connectivity index (χ0n) is 10.8. The summed E-state index contributed by atoms with van der Waals surface area (Å²) in [6.45, 7) is 0.411. The first-order chi connectivity index (χ1) is 9.58. The topological polar surface area (TPSA) is 103 Å². The lowest BCUT2D eigenvalue weighted by molar-refractivity contribution is 0.345. The third-order valence-electron chi connectivity index (χ3n) is 2.44. The van der Waals surface area contributed by atoms with E-state index in [4.69, 9.17) is 10.5 Å². The smallest absolute Gasteiger partial charge is 0.339 e. The summed E-state index contributed by atoms with van der Waals surface area (Å²) in [4.78, 5) is 25.9. The Balaban J connectivity index is 1.91. The lowest BCUT2D eigenvalue weighted by Crippen LogP contribution is -2.33. The molecule has 3 N–H and O–H groups in total. The second kappa shape index (κ2) is 6.29. The monoisotopic (exact) mass is 294 g/mol. The minimum Gasteiger partial charge on any atom is -0.491 e. The minimum absolute atomic E-state index is 0.411. The molecule has 1 aromatic carbocycles. The first-order valence-corrected chi connectivity index (χ1v) is 6.84. The molecule has 7 nitrogen and oxygen atoms in total. The van der Waals surface area contributed by atoms with Crippen LogP contribution in [0, 0.1) is 0 Å². The number of nitrogen functional groups attached to an aromatic ring is 1. The van der Waals surface area contributed by atoms with Crippen LogP contribution in [0.2, 0.25) is 0 Å². The fraction of sp³-hybridized carbons (Fsp3) is 0.250. The number of thioether (sulfide) groups is 1. The molecule has 8 heteroatoms. The van der Waals surface area contributed by atoms with Gasteiger partial charge >= 0.3 is 11.1 Å². The van der Waals surface area contributed by atoms with Crippen LogP contribution >= 0.6 is 11.8 Å². The van der Waals surface area contributed by atoms with E-state index in [2.05, 4.69) is 10.1 Å². The number of nitrogens with two attached hydrogens (primary N) is 1. The highest BCUT2D eigenvalue weighted by molar-refractivity contribution is 7.99. The van der Waals surface area contributed by atoms with E-state index in [1.54, 1.807) is 19.2 Å². The van der Waals surface area contributed by atoms with Crippen molar-refractivity contribution in [3.63, 3.8) is 0 Å². The van der Waals surface area contributed by atoms with Crippen molar-refractivity contribution in [2.75, 3.05) is 18.1 Å². The maximum atomic E-state index is 11.2. The van der Waals surface area contributed by atoms with Gasteiger partial charge in [-0.2, -0.15) is 4.98 Å². The Labute approximate surface area is 118 Å². The number of aromatic nitrogens is 3. The molecule has 0 unspecified atom stereocenters. The number of rotatable bonds is 5. The van der Waals surface area contributed by atoms with Gasteiger partial charge in [-0.3, -0.25) is 19.4 Å². The van der Waals surface area contributed by atoms with Crippen molar-refractivity contribution in [3.05, 3.63) is 45.0 Å². The van der Waals surface area contributed by atoms with Crippen LogP contribution in [0.25, 0.3) is 0 Å². The first-order valence-electron chi connectivity index (χ1n) is 5.85. The summed E-state index contributed by atoms with van der Waals surface area (Å²) >= 11 is 1.31. The van der Waals surface area contributed by atoms with Crippen molar-refractivity contribution in [3.8, 4) is 5.75 Å². The van der Waals surface area contributed by atoms with Gasteiger partial charge in [-0.15, -0.1) is 0 Å². The number of H-pyrrole nitrogens is 1.